The Morgan fingerprint density at radius 1 is 1.24 bits per heavy atom. The number of carboxylic acids is 1. The third-order valence-electron chi connectivity index (χ3n) is 1.22. The average Bonchev–Trinajstić information content (AvgIpc) is 2.03. The first kappa shape index (κ1) is 36.0. The van der Waals surface area contributed by atoms with E-state index >= 15 is 0 Å². The minimum Gasteiger partial charge on any atom is -0.687 e. The quantitative estimate of drug-likeness (QED) is 0.467. The summed E-state index contributed by atoms with van der Waals surface area (Å²) in [6.45, 7) is 0.570. The molecule has 6 nitrogen and oxygen atoms in total. The van der Waals surface area contributed by atoms with E-state index in [1.165, 1.54) is 0 Å². The summed E-state index contributed by atoms with van der Waals surface area (Å²) in [6, 6.07) is 0. The van der Waals surface area contributed by atoms with Crippen molar-refractivity contribution >= 4 is 5.97 Å². The Hall–Kier alpha value is 0.240. The molecule has 9 heteroatoms. The first-order valence-electron chi connectivity index (χ1n) is 3.22. The van der Waals surface area contributed by atoms with E-state index in [9.17, 15) is 4.79 Å². The zero-order chi connectivity index (χ0) is 8.10. The molecule has 0 amide bonds. The summed E-state index contributed by atoms with van der Waals surface area (Å²) in [6.07, 6.45) is 7.98. The molecule has 0 aliphatic carbocycles. The zero-order valence-electron chi connectivity index (χ0n) is 9.52. The third-order valence-corrected chi connectivity index (χ3v) is 1.22. The molecule has 88 valence electrons. The molecule has 0 bridgehead atoms. The van der Waals surface area contributed by atoms with E-state index in [-0.39, 0.29) is 74.9 Å². The molecular weight excluding hydrogens is 386 g/mol. The molecule has 0 aromatic rings. The summed E-state index contributed by atoms with van der Waals surface area (Å²) in [4.78, 5) is 10.1. The maximum absolute atomic E-state index is 10.1. The van der Waals surface area contributed by atoms with Crippen LogP contribution in [0.1, 0.15) is 0 Å². The molecule has 17 heavy (non-hydrogen) atoms. The third kappa shape index (κ3) is 18.8. The standard InChI is InChI=1S/C8H8NO2.3H2O.3Zn/c10-8(11)4-3-7-2-1-5-9-6-7;;;;;;/h1-5H,6H2,(H,10,11);3*1H2;;;/q-1;;;;;;. The van der Waals surface area contributed by atoms with Crippen LogP contribution in [0.2, 0.25) is 0 Å². The van der Waals surface area contributed by atoms with Crippen LogP contribution in [0.25, 0.3) is 5.32 Å². The van der Waals surface area contributed by atoms with E-state index in [1.54, 1.807) is 18.4 Å². The van der Waals surface area contributed by atoms with Crippen LogP contribution in [0.3, 0.4) is 0 Å². The van der Waals surface area contributed by atoms with Gasteiger partial charge in [0.1, 0.15) is 0 Å². The zero-order valence-corrected chi connectivity index (χ0v) is 18.4. The summed E-state index contributed by atoms with van der Waals surface area (Å²) in [5, 5.41) is 12.2. The van der Waals surface area contributed by atoms with E-state index in [2.05, 4.69) is 5.32 Å². The summed E-state index contributed by atoms with van der Waals surface area (Å²) >= 11 is 0. The summed E-state index contributed by atoms with van der Waals surface area (Å²) in [7, 11) is 0. The summed E-state index contributed by atoms with van der Waals surface area (Å²) in [5.41, 5.74) is 0.912. The molecule has 0 aromatic heterocycles. The number of allylic oxidation sites excluding steroid dienone is 2. The van der Waals surface area contributed by atoms with E-state index in [4.69, 9.17) is 5.11 Å². The van der Waals surface area contributed by atoms with Crippen LogP contribution in [0.4, 0.5) is 0 Å². The normalized spacial score (nSPS) is 10.5. The second kappa shape index (κ2) is 21.5. The predicted octanol–water partition coefficient (Wildman–Crippen LogP) is -1.03. The van der Waals surface area contributed by atoms with Crippen LogP contribution >= 0.6 is 0 Å². The molecule has 1 aliphatic rings. The molecule has 1 rings (SSSR count). The summed E-state index contributed by atoms with van der Waals surface area (Å²) < 4.78 is 0. The fourth-order valence-corrected chi connectivity index (χ4v) is 0.725. The summed E-state index contributed by atoms with van der Waals surface area (Å²) in [5.74, 6) is -0.930. The second-order valence-electron chi connectivity index (χ2n) is 2.10. The first-order chi connectivity index (χ1) is 5.29. The van der Waals surface area contributed by atoms with Crippen LogP contribution in [0.5, 0.6) is 0 Å². The molecule has 0 atom stereocenters. The van der Waals surface area contributed by atoms with E-state index < -0.39 is 5.97 Å². The van der Waals surface area contributed by atoms with Crippen molar-refractivity contribution in [2.24, 2.45) is 0 Å². The van der Waals surface area contributed by atoms with E-state index in [1.807, 2.05) is 6.08 Å². The minimum atomic E-state index is -0.930. The predicted molar refractivity (Wildman–Crippen MR) is 53.1 cm³/mol. The molecule has 0 spiro atoms. The molecule has 0 saturated heterocycles. The second-order valence-corrected chi connectivity index (χ2v) is 2.10. The molecule has 7 N–H and O–H groups in total. The van der Waals surface area contributed by atoms with Gasteiger partial charge >= 0.3 is 5.97 Å². The van der Waals surface area contributed by atoms with Gasteiger partial charge in [-0.2, -0.15) is 6.20 Å². The number of hydrogen-bond acceptors (Lipinski definition) is 1. The molecular formula is C8H14NO5Zn3-. The van der Waals surface area contributed by atoms with E-state index in [0.717, 1.165) is 11.6 Å². The van der Waals surface area contributed by atoms with Crippen LogP contribution in [-0.4, -0.2) is 34.0 Å². The van der Waals surface area contributed by atoms with Crippen LogP contribution in [0.15, 0.2) is 36.1 Å². The van der Waals surface area contributed by atoms with Gasteiger partial charge in [-0.1, -0.05) is 23.8 Å². The van der Waals surface area contributed by atoms with Gasteiger partial charge in [-0.3, -0.25) is 0 Å². The van der Waals surface area contributed by atoms with E-state index in [0.29, 0.717) is 6.54 Å². The van der Waals surface area contributed by atoms with Crippen molar-refractivity contribution in [3.8, 4) is 0 Å². The van der Waals surface area contributed by atoms with Crippen molar-refractivity contribution in [2.45, 2.75) is 0 Å². The van der Waals surface area contributed by atoms with Crippen LogP contribution in [0, 0.1) is 0 Å². The topological polar surface area (TPSA) is 146 Å². The van der Waals surface area contributed by atoms with Gasteiger partial charge in [0.05, 0.1) is 0 Å². The monoisotopic (exact) mass is 396 g/mol. The fraction of sp³-hybridized carbons (Fsp3) is 0.125. The number of carboxylic acid groups (broad SMARTS) is 1. The molecule has 0 radical (unpaired) electrons. The minimum absolute atomic E-state index is 0. The van der Waals surface area contributed by atoms with Crippen LogP contribution in [-0.2, 0) is 63.2 Å². The first-order valence-corrected chi connectivity index (χ1v) is 3.22. The number of rotatable bonds is 2. The van der Waals surface area contributed by atoms with Crippen molar-refractivity contribution in [3.63, 3.8) is 0 Å². The Kier molecular flexibility index (Phi) is 45.6. The Balaban J connectivity index is -0.0000000504. The van der Waals surface area contributed by atoms with Gasteiger partial charge in [0.2, 0.25) is 0 Å². The number of nitrogens with zero attached hydrogens (tertiary/aromatic N) is 1. The van der Waals surface area contributed by atoms with Gasteiger partial charge in [0.15, 0.2) is 0 Å². The number of hydrogen-bond donors (Lipinski definition) is 1. The fourth-order valence-electron chi connectivity index (χ4n) is 0.725. The van der Waals surface area contributed by atoms with Gasteiger partial charge in [0, 0.05) is 64.5 Å². The van der Waals surface area contributed by atoms with Gasteiger partial charge in [-0.15, -0.1) is 6.54 Å². The number of aliphatic carboxylic acids is 1. The Labute approximate surface area is 138 Å². The number of carbonyl (C=O) groups is 1. The SMILES string of the molecule is O.O.O.O=C(O)C=CC1=CC=C[N-]C1.[Zn].[Zn].[Zn]. The molecule has 0 saturated carbocycles. The molecule has 1 heterocycles. The van der Waals surface area contributed by atoms with Crippen molar-refractivity contribution in [1.29, 1.82) is 0 Å². The van der Waals surface area contributed by atoms with Gasteiger partial charge in [-0.25, -0.2) is 4.79 Å². The maximum atomic E-state index is 10.1. The smallest absolute Gasteiger partial charge is 0.328 e. The average molecular weight is 400 g/mol. The molecule has 0 fully saturated rings. The van der Waals surface area contributed by atoms with Crippen molar-refractivity contribution in [2.75, 3.05) is 6.54 Å². The van der Waals surface area contributed by atoms with Gasteiger partial charge in [0.25, 0.3) is 0 Å². The molecule has 0 aromatic carbocycles. The Morgan fingerprint density at radius 3 is 2.12 bits per heavy atom. The largest absolute Gasteiger partial charge is 0.687 e. The van der Waals surface area contributed by atoms with Crippen molar-refractivity contribution in [3.05, 3.63) is 41.4 Å². The van der Waals surface area contributed by atoms with Crippen molar-refractivity contribution < 1.29 is 84.8 Å². The van der Waals surface area contributed by atoms with Crippen molar-refractivity contribution in [1.82, 2.24) is 0 Å². The van der Waals surface area contributed by atoms with Crippen LogP contribution < -0.4 is 0 Å². The Morgan fingerprint density at radius 2 is 1.76 bits per heavy atom. The maximum Gasteiger partial charge on any atom is 0.328 e. The molecule has 1 aliphatic heterocycles. The van der Waals surface area contributed by atoms with Gasteiger partial charge < -0.3 is 26.9 Å². The Bertz CT molecular complexity index is 256. The van der Waals surface area contributed by atoms with Gasteiger partial charge in [-0.05, 0) is 0 Å². The molecule has 0 unspecified atom stereocenters.